The number of likely N-dealkylation sites (N-methyl/N-ethyl adjacent to an activating group) is 1. The molecule has 1 aromatic heterocycles. The van der Waals surface area contributed by atoms with Gasteiger partial charge in [-0.1, -0.05) is 32.4 Å². The molecule has 0 radical (unpaired) electrons. The average molecular weight is 227 g/mol. The molecule has 1 unspecified atom stereocenters. The van der Waals surface area contributed by atoms with E-state index in [-0.39, 0.29) is 5.41 Å². The van der Waals surface area contributed by atoms with Gasteiger partial charge in [0.25, 0.3) is 0 Å². The zero-order chi connectivity index (χ0) is 11.5. The lowest BCUT2D eigenvalue weighted by Crippen LogP contribution is -2.39. The normalized spacial score (nSPS) is 13.9. The monoisotopic (exact) mass is 226 g/mol. The van der Waals surface area contributed by atoms with Crippen LogP contribution in [0.25, 0.3) is 0 Å². The van der Waals surface area contributed by atoms with Crippen LogP contribution in [0.3, 0.4) is 0 Å². The number of pyridine rings is 1. The highest BCUT2D eigenvalue weighted by Gasteiger charge is 2.23. The fourth-order valence-corrected chi connectivity index (χ4v) is 1.69. The summed E-state index contributed by atoms with van der Waals surface area (Å²) in [5.41, 5.74) is 1.31. The van der Waals surface area contributed by atoms with E-state index in [0.29, 0.717) is 11.1 Å². The van der Waals surface area contributed by atoms with Gasteiger partial charge in [-0.3, -0.25) is 4.98 Å². The van der Waals surface area contributed by atoms with Crippen molar-refractivity contribution in [3.8, 4) is 0 Å². The zero-order valence-corrected chi connectivity index (χ0v) is 10.6. The van der Waals surface area contributed by atoms with Gasteiger partial charge in [-0.15, -0.1) is 0 Å². The quantitative estimate of drug-likeness (QED) is 0.858. The molecule has 2 nitrogen and oxygen atoms in total. The number of nitrogens with one attached hydrogen (secondary N) is 1. The van der Waals surface area contributed by atoms with Gasteiger partial charge in [-0.2, -0.15) is 0 Å². The minimum absolute atomic E-state index is 0.232. The van der Waals surface area contributed by atoms with Crippen LogP contribution < -0.4 is 5.32 Å². The van der Waals surface area contributed by atoms with Crippen LogP contribution >= 0.6 is 11.6 Å². The Balaban J connectivity index is 2.71. The minimum Gasteiger partial charge on any atom is -0.316 e. The van der Waals surface area contributed by atoms with Crippen LogP contribution in [0.5, 0.6) is 0 Å². The highest BCUT2D eigenvalue weighted by atomic mass is 35.5. The first-order valence-electron chi connectivity index (χ1n) is 5.21. The first kappa shape index (κ1) is 12.5. The number of hydrogen-bond donors (Lipinski definition) is 1. The van der Waals surface area contributed by atoms with E-state index in [2.05, 4.69) is 31.1 Å². The summed E-state index contributed by atoms with van der Waals surface area (Å²) in [6.07, 6.45) is 2.63. The van der Waals surface area contributed by atoms with E-state index >= 15 is 0 Å². The van der Waals surface area contributed by atoms with Crippen molar-refractivity contribution in [2.75, 3.05) is 7.05 Å². The van der Waals surface area contributed by atoms with Crippen LogP contribution in [-0.4, -0.2) is 18.1 Å². The molecule has 3 heteroatoms. The Morgan fingerprint density at radius 2 is 2.07 bits per heavy atom. The number of rotatable bonds is 3. The molecule has 0 aliphatic heterocycles. The van der Waals surface area contributed by atoms with Crippen molar-refractivity contribution < 1.29 is 0 Å². The summed E-state index contributed by atoms with van der Waals surface area (Å²) in [5.74, 6) is 0. The molecule has 15 heavy (non-hydrogen) atoms. The van der Waals surface area contributed by atoms with E-state index in [4.69, 9.17) is 11.6 Å². The Morgan fingerprint density at radius 3 is 2.47 bits per heavy atom. The van der Waals surface area contributed by atoms with E-state index in [1.165, 1.54) is 0 Å². The Kier molecular flexibility index (Phi) is 4.12. The molecule has 0 saturated heterocycles. The van der Waals surface area contributed by atoms with Crippen LogP contribution in [0.1, 0.15) is 26.5 Å². The van der Waals surface area contributed by atoms with Crippen LogP contribution in [0, 0.1) is 5.41 Å². The second kappa shape index (κ2) is 4.95. The van der Waals surface area contributed by atoms with Crippen LogP contribution in [0.4, 0.5) is 0 Å². The first-order valence-corrected chi connectivity index (χ1v) is 5.59. The second-order valence-corrected chi connectivity index (χ2v) is 5.32. The predicted molar refractivity (Wildman–Crippen MR) is 65.3 cm³/mol. The van der Waals surface area contributed by atoms with Crippen molar-refractivity contribution in [3.63, 3.8) is 0 Å². The lowest BCUT2D eigenvalue weighted by Gasteiger charge is -2.30. The molecule has 0 aliphatic carbocycles. The molecule has 0 aliphatic rings. The van der Waals surface area contributed by atoms with Gasteiger partial charge in [-0.25, -0.2) is 0 Å². The molecule has 84 valence electrons. The van der Waals surface area contributed by atoms with E-state index in [9.17, 15) is 0 Å². The summed E-state index contributed by atoms with van der Waals surface area (Å²) >= 11 is 5.79. The molecule has 0 amide bonds. The molecule has 0 fully saturated rings. The van der Waals surface area contributed by atoms with Crippen molar-refractivity contribution >= 4 is 11.6 Å². The third-order valence-electron chi connectivity index (χ3n) is 2.60. The lowest BCUT2D eigenvalue weighted by molar-refractivity contribution is 0.278. The number of hydrogen-bond acceptors (Lipinski definition) is 2. The Bertz CT molecular complexity index is 300. The first-order chi connectivity index (χ1) is 6.93. The number of nitrogens with zero attached hydrogens (tertiary/aromatic N) is 1. The summed E-state index contributed by atoms with van der Waals surface area (Å²) < 4.78 is 0. The maximum Gasteiger partial charge on any atom is 0.0589 e. The molecule has 1 rings (SSSR count). The summed E-state index contributed by atoms with van der Waals surface area (Å²) in [4.78, 5) is 4.31. The second-order valence-electron chi connectivity index (χ2n) is 4.88. The van der Waals surface area contributed by atoms with Crippen molar-refractivity contribution in [1.82, 2.24) is 10.3 Å². The highest BCUT2D eigenvalue weighted by Crippen LogP contribution is 2.22. The third kappa shape index (κ3) is 3.80. The Hall–Kier alpha value is -0.600. The van der Waals surface area contributed by atoms with Gasteiger partial charge in [0.2, 0.25) is 0 Å². The smallest absolute Gasteiger partial charge is 0.0589 e. The van der Waals surface area contributed by atoms with Gasteiger partial charge in [0.05, 0.1) is 5.02 Å². The summed E-state index contributed by atoms with van der Waals surface area (Å²) in [6.45, 7) is 6.68. The Labute approximate surface area is 97.1 Å². The van der Waals surface area contributed by atoms with Gasteiger partial charge in [0.15, 0.2) is 0 Å². The molecule has 1 aromatic rings. The Morgan fingerprint density at radius 1 is 1.40 bits per heavy atom. The predicted octanol–water partition coefficient (Wildman–Crippen LogP) is 2.91. The topological polar surface area (TPSA) is 24.9 Å². The summed E-state index contributed by atoms with van der Waals surface area (Å²) in [7, 11) is 1.99. The van der Waals surface area contributed by atoms with Crippen molar-refractivity contribution in [3.05, 3.63) is 29.0 Å². The third-order valence-corrected chi connectivity index (χ3v) is 2.82. The standard InChI is InChI=1S/C12H19ClN2/c1-12(2,3)11(14-4)7-10-6-5-9(13)8-15-10/h5-6,8,11,14H,7H2,1-4H3. The largest absolute Gasteiger partial charge is 0.316 e. The minimum atomic E-state index is 0.232. The van der Waals surface area contributed by atoms with Gasteiger partial charge in [-0.05, 0) is 24.6 Å². The van der Waals surface area contributed by atoms with Crippen molar-refractivity contribution in [2.45, 2.75) is 33.2 Å². The fourth-order valence-electron chi connectivity index (χ4n) is 1.58. The van der Waals surface area contributed by atoms with Crippen molar-refractivity contribution in [2.24, 2.45) is 5.41 Å². The van der Waals surface area contributed by atoms with Gasteiger partial charge >= 0.3 is 0 Å². The van der Waals surface area contributed by atoms with Gasteiger partial charge < -0.3 is 5.32 Å². The van der Waals surface area contributed by atoms with Crippen LogP contribution in [-0.2, 0) is 6.42 Å². The van der Waals surface area contributed by atoms with Crippen LogP contribution in [0.15, 0.2) is 18.3 Å². The molecule has 0 saturated carbocycles. The molecular formula is C12H19ClN2. The number of halogens is 1. The molecular weight excluding hydrogens is 208 g/mol. The average Bonchev–Trinajstić information content (AvgIpc) is 2.15. The number of aromatic nitrogens is 1. The van der Waals surface area contributed by atoms with E-state index in [1.807, 2.05) is 19.2 Å². The molecule has 0 spiro atoms. The zero-order valence-electron chi connectivity index (χ0n) is 9.84. The fraction of sp³-hybridized carbons (Fsp3) is 0.583. The lowest BCUT2D eigenvalue weighted by atomic mass is 9.84. The van der Waals surface area contributed by atoms with Gasteiger partial charge in [0.1, 0.15) is 0 Å². The van der Waals surface area contributed by atoms with E-state index in [1.54, 1.807) is 6.20 Å². The molecule has 1 N–H and O–H groups in total. The molecule has 0 aromatic carbocycles. The maximum atomic E-state index is 5.79. The maximum absolute atomic E-state index is 5.79. The van der Waals surface area contributed by atoms with Crippen LogP contribution in [0.2, 0.25) is 5.02 Å². The molecule has 1 atom stereocenters. The van der Waals surface area contributed by atoms with E-state index < -0.39 is 0 Å². The van der Waals surface area contributed by atoms with E-state index in [0.717, 1.165) is 12.1 Å². The summed E-state index contributed by atoms with van der Waals surface area (Å²) in [6, 6.07) is 4.30. The molecule has 1 heterocycles. The molecule has 0 bridgehead atoms. The van der Waals surface area contributed by atoms with Crippen molar-refractivity contribution in [1.29, 1.82) is 0 Å². The van der Waals surface area contributed by atoms with Gasteiger partial charge in [0, 0.05) is 24.4 Å². The summed E-state index contributed by atoms with van der Waals surface area (Å²) in [5, 5.41) is 4.02. The highest BCUT2D eigenvalue weighted by molar-refractivity contribution is 6.30. The SMILES string of the molecule is CNC(Cc1ccc(Cl)cn1)C(C)(C)C.